The van der Waals surface area contributed by atoms with Gasteiger partial charge in [0.15, 0.2) is 0 Å². The quantitative estimate of drug-likeness (QED) is 0.836. The van der Waals surface area contributed by atoms with E-state index in [4.69, 9.17) is 0 Å². The Morgan fingerprint density at radius 2 is 2.05 bits per heavy atom. The molecule has 1 fully saturated rings. The average Bonchev–Trinajstić information content (AvgIpc) is 2.91. The summed E-state index contributed by atoms with van der Waals surface area (Å²) in [5.74, 6) is -0.859. The van der Waals surface area contributed by atoms with E-state index in [0.29, 0.717) is 26.2 Å². The molecular formula is C16H19N3O3. The Labute approximate surface area is 128 Å². The van der Waals surface area contributed by atoms with Crippen LogP contribution in [0.2, 0.25) is 0 Å². The highest BCUT2D eigenvalue weighted by Gasteiger charge is 2.31. The predicted molar refractivity (Wildman–Crippen MR) is 82.6 cm³/mol. The number of hydrogen-bond donors (Lipinski definition) is 2. The third kappa shape index (κ3) is 2.57. The Hall–Kier alpha value is -2.34. The standard InChI is InChI=1S/C16H19N3O3/c1-11-2-3-14-12(8-11)13(9-17-14)15(16(21)22)19-6-4-18(10-20)5-7-19/h2-3,8-10,15,17H,4-7H2,1H3,(H,21,22)/t15-/m1/s1. The van der Waals surface area contributed by atoms with E-state index in [0.717, 1.165) is 28.4 Å². The van der Waals surface area contributed by atoms with Crippen LogP contribution < -0.4 is 0 Å². The lowest BCUT2D eigenvalue weighted by atomic mass is 10.0. The van der Waals surface area contributed by atoms with Crippen molar-refractivity contribution in [1.82, 2.24) is 14.8 Å². The smallest absolute Gasteiger partial charge is 0.325 e. The number of fused-ring (bicyclic) bond motifs is 1. The van der Waals surface area contributed by atoms with Crippen molar-refractivity contribution in [1.29, 1.82) is 0 Å². The Morgan fingerprint density at radius 1 is 1.32 bits per heavy atom. The molecule has 6 heteroatoms. The van der Waals surface area contributed by atoms with Gasteiger partial charge >= 0.3 is 5.97 Å². The van der Waals surface area contributed by atoms with Crippen LogP contribution in [0.3, 0.4) is 0 Å². The van der Waals surface area contributed by atoms with Gasteiger partial charge in [-0.15, -0.1) is 0 Å². The summed E-state index contributed by atoms with van der Waals surface area (Å²) in [5, 5.41) is 10.7. The summed E-state index contributed by atoms with van der Waals surface area (Å²) in [4.78, 5) is 29.4. The Morgan fingerprint density at radius 3 is 2.68 bits per heavy atom. The SMILES string of the molecule is Cc1ccc2[nH]cc([C@H](C(=O)O)N3CCN(C=O)CC3)c2c1. The van der Waals surface area contributed by atoms with Crippen molar-refractivity contribution in [2.45, 2.75) is 13.0 Å². The van der Waals surface area contributed by atoms with E-state index in [1.165, 1.54) is 0 Å². The maximum Gasteiger partial charge on any atom is 0.325 e. The van der Waals surface area contributed by atoms with Crippen LogP contribution >= 0.6 is 0 Å². The molecule has 1 aromatic heterocycles. The van der Waals surface area contributed by atoms with E-state index in [-0.39, 0.29) is 0 Å². The van der Waals surface area contributed by atoms with Crippen LogP contribution in [0.1, 0.15) is 17.2 Å². The molecule has 0 spiro atoms. The molecular weight excluding hydrogens is 282 g/mol. The molecule has 0 unspecified atom stereocenters. The molecule has 3 rings (SSSR count). The van der Waals surface area contributed by atoms with E-state index < -0.39 is 12.0 Å². The first-order valence-electron chi connectivity index (χ1n) is 7.34. The maximum absolute atomic E-state index is 11.8. The summed E-state index contributed by atoms with van der Waals surface area (Å²) in [5.41, 5.74) is 2.83. The normalized spacial score (nSPS) is 17.6. The number of hydrogen-bond acceptors (Lipinski definition) is 3. The van der Waals surface area contributed by atoms with Gasteiger partial charge in [-0.25, -0.2) is 0 Å². The van der Waals surface area contributed by atoms with Gasteiger partial charge in [-0.2, -0.15) is 0 Å². The molecule has 2 aromatic rings. The third-order valence-electron chi connectivity index (χ3n) is 4.26. The van der Waals surface area contributed by atoms with Gasteiger partial charge in [0.1, 0.15) is 6.04 Å². The summed E-state index contributed by atoms with van der Waals surface area (Å²) in [6.07, 6.45) is 2.61. The van der Waals surface area contributed by atoms with Crippen LogP contribution in [0.5, 0.6) is 0 Å². The minimum absolute atomic E-state index is 0.564. The Balaban J connectivity index is 1.95. The molecule has 2 N–H and O–H groups in total. The number of rotatable bonds is 4. The van der Waals surface area contributed by atoms with E-state index in [1.807, 2.05) is 30.0 Å². The van der Waals surface area contributed by atoms with Gasteiger partial charge in [-0.1, -0.05) is 11.6 Å². The number of aromatic amines is 1. The van der Waals surface area contributed by atoms with Crippen molar-refractivity contribution in [3.05, 3.63) is 35.5 Å². The second-order valence-electron chi connectivity index (χ2n) is 5.71. The fourth-order valence-electron chi connectivity index (χ4n) is 3.07. The molecule has 0 saturated carbocycles. The van der Waals surface area contributed by atoms with Gasteiger partial charge in [-0.05, 0) is 19.1 Å². The zero-order valence-electron chi connectivity index (χ0n) is 12.5. The second-order valence-corrected chi connectivity index (χ2v) is 5.71. The number of amides is 1. The summed E-state index contributed by atoms with van der Waals surface area (Å²) in [6.45, 7) is 4.25. The zero-order valence-corrected chi connectivity index (χ0v) is 12.5. The number of carboxylic acid groups (broad SMARTS) is 1. The van der Waals surface area contributed by atoms with E-state index in [2.05, 4.69) is 4.98 Å². The fraction of sp³-hybridized carbons (Fsp3) is 0.375. The molecule has 0 bridgehead atoms. The van der Waals surface area contributed by atoms with Crippen LogP contribution in [0.25, 0.3) is 10.9 Å². The molecule has 1 aliphatic heterocycles. The van der Waals surface area contributed by atoms with Crippen molar-refractivity contribution in [2.24, 2.45) is 0 Å². The number of carbonyl (C=O) groups excluding carboxylic acids is 1. The lowest BCUT2D eigenvalue weighted by Gasteiger charge is -2.36. The topological polar surface area (TPSA) is 76.6 Å². The number of aromatic nitrogens is 1. The molecule has 116 valence electrons. The molecule has 1 atom stereocenters. The van der Waals surface area contributed by atoms with Crippen LogP contribution in [0.4, 0.5) is 0 Å². The average molecular weight is 301 g/mol. The lowest BCUT2D eigenvalue weighted by Crippen LogP contribution is -2.48. The first-order chi connectivity index (χ1) is 10.6. The molecule has 6 nitrogen and oxygen atoms in total. The first kappa shape index (κ1) is 14.6. The number of nitrogens with one attached hydrogen (secondary N) is 1. The molecule has 2 heterocycles. The van der Waals surface area contributed by atoms with Gasteiger partial charge in [0.05, 0.1) is 0 Å². The number of aryl methyl sites for hydroxylation is 1. The number of nitrogens with zero attached hydrogens (tertiary/aromatic N) is 2. The van der Waals surface area contributed by atoms with Crippen LogP contribution in [0.15, 0.2) is 24.4 Å². The van der Waals surface area contributed by atoms with E-state index in [9.17, 15) is 14.7 Å². The van der Waals surface area contributed by atoms with Gasteiger partial charge < -0.3 is 15.0 Å². The minimum Gasteiger partial charge on any atom is -0.480 e. The van der Waals surface area contributed by atoms with Gasteiger partial charge in [0.2, 0.25) is 6.41 Å². The van der Waals surface area contributed by atoms with Crippen molar-refractivity contribution >= 4 is 23.3 Å². The molecule has 1 saturated heterocycles. The highest BCUT2D eigenvalue weighted by atomic mass is 16.4. The van der Waals surface area contributed by atoms with E-state index >= 15 is 0 Å². The molecule has 22 heavy (non-hydrogen) atoms. The molecule has 1 aromatic carbocycles. The number of H-pyrrole nitrogens is 1. The number of carboxylic acids is 1. The van der Waals surface area contributed by atoms with E-state index in [1.54, 1.807) is 11.1 Å². The summed E-state index contributed by atoms with van der Waals surface area (Å²) >= 11 is 0. The first-order valence-corrected chi connectivity index (χ1v) is 7.34. The Kier molecular flexibility index (Phi) is 3.85. The highest BCUT2D eigenvalue weighted by molar-refractivity contribution is 5.89. The second kappa shape index (κ2) is 5.81. The van der Waals surface area contributed by atoms with Crippen LogP contribution in [-0.2, 0) is 9.59 Å². The van der Waals surface area contributed by atoms with Gasteiger partial charge in [0, 0.05) is 48.8 Å². The minimum atomic E-state index is -0.859. The summed E-state index contributed by atoms with van der Waals surface area (Å²) in [7, 11) is 0. The number of piperazine rings is 1. The summed E-state index contributed by atoms with van der Waals surface area (Å²) < 4.78 is 0. The number of carbonyl (C=O) groups is 2. The monoisotopic (exact) mass is 301 g/mol. The van der Waals surface area contributed by atoms with Crippen molar-refractivity contribution < 1.29 is 14.7 Å². The molecule has 1 aliphatic rings. The van der Waals surface area contributed by atoms with Crippen LogP contribution in [0, 0.1) is 6.92 Å². The predicted octanol–water partition coefficient (Wildman–Crippen LogP) is 1.38. The third-order valence-corrected chi connectivity index (χ3v) is 4.26. The number of benzene rings is 1. The maximum atomic E-state index is 11.8. The fourth-order valence-corrected chi connectivity index (χ4v) is 3.07. The van der Waals surface area contributed by atoms with Crippen molar-refractivity contribution in [2.75, 3.05) is 26.2 Å². The molecule has 0 radical (unpaired) electrons. The van der Waals surface area contributed by atoms with Gasteiger partial charge in [0.25, 0.3) is 0 Å². The van der Waals surface area contributed by atoms with Crippen molar-refractivity contribution in [3.8, 4) is 0 Å². The summed E-state index contributed by atoms with van der Waals surface area (Å²) in [6, 6.07) is 5.29. The van der Waals surface area contributed by atoms with Crippen LogP contribution in [-0.4, -0.2) is 58.4 Å². The Bertz CT molecular complexity index is 702. The largest absolute Gasteiger partial charge is 0.480 e. The molecule has 0 aliphatic carbocycles. The van der Waals surface area contributed by atoms with Crippen molar-refractivity contribution in [3.63, 3.8) is 0 Å². The lowest BCUT2D eigenvalue weighted by molar-refractivity contribution is -0.144. The number of aliphatic carboxylic acids is 1. The zero-order chi connectivity index (χ0) is 15.7. The van der Waals surface area contributed by atoms with Gasteiger partial charge in [-0.3, -0.25) is 14.5 Å². The highest BCUT2D eigenvalue weighted by Crippen LogP contribution is 2.30. The molecule has 1 amide bonds.